The number of fused-ring (bicyclic) bond motifs is 1. The van der Waals surface area contributed by atoms with Crippen molar-refractivity contribution >= 4 is 12.0 Å². The molecule has 0 aliphatic carbocycles. The standard InChI is InChI=1S/C15H12N2O4/c18-14(21-15-16-7-8-17-15)4-2-1-3-11-5-6-12-13(9-11)20-10-19-12/h1-9H,10H2,(H,16,17)/b3-1+,4-2+. The van der Waals surface area contributed by atoms with E-state index in [-0.39, 0.29) is 12.8 Å². The topological polar surface area (TPSA) is 73.4 Å². The molecule has 1 aliphatic rings. The minimum Gasteiger partial charge on any atom is -0.454 e. The summed E-state index contributed by atoms with van der Waals surface area (Å²) in [4.78, 5) is 17.9. The summed E-state index contributed by atoms with van der Waals surface area (Å²) < 4.78 is 15.4. The van der Waals surface area contributed by atoms with E-state index in [4.69, 9.17) is 14.2 Å². The maximum atomic E-state index is 11.4. The Morgan fingerprint density at radius 3 is 3.05 bits per heavy atom. The normalized spacial score (nSPS) is 13.1. The smallest absolute Gasteiger partial charge is 0.338 e. The van der Waals surface area contributed by atoms with Crippen molar-refractivity contribution in [3.05, 3.63) is 54.4 Å². The third-order valence-electron chi connectivity index (χ3n) is 2.70. The van der Waals surface area contributed by atoms with E-state index in [1.165, 1.54) is 12.3 Å². The fourth-order valence-corrected chi connectivity index (χ4v) is 1.75. The highest BCUT2D eigenvalue weighted by Gasteiger charge is 2.11. The summed E-state index contributed by atoms with van der Waals surface area (Å²) in [5, 5.41) is 0. The lowest BCUT2D eigenvalue weighted by molar-refractivity contribution is -0.129. The van der Waals surface area contributed by atoms with Crippen molar-refractivity contribution in [3.63, 3.8) is 0 Å². The second-order valence-electron chi connectivity index (χ2n) is 4.15. The Balaban J connectivity index is 1.56. The number of H-pyrrole nitrogens is 1. The molecular formula is C15H12N2O4. The highest BCUT2D eigenvalue weighted by Crippen LogP contribution is 2.32. The first kappa shape index (κ1) is 13.0. The Kier molecular flexibility index (Phi) is 3.68. The Bertz CT molecular complexity index is 690. The van der Waals surface area contributed by atoms with Crippen molar-refractivity contribution < 1.29 is 19.0 Å². The van der Waals surface area contributed by atoms with Gasteiger partial charge in [-0.25, -0.2) is 9.78 Å². The maximum absolute atomic E-state index is 11.4. The molecule has 0 atom stereocenters. The first-order valence-corrected chi connectivity index (χ1v) is 6.27. The van der Waals surface area contributed by atoms with E-state index >= 15 is 0 Å². The van der Waals surface area contributed by atoms with E-state index in [0.717, 1.165) is 17.1 Å². The number of carbonyl (C=O) groups is 1. The van der Waals surface area contributed by atoms with Crippen LogP contribution >= 0.6 is 0 Å². The lowest BCUT2D eigenvalue weighted by Crippen LogP contribution is -2.04. The summed E-state index contributed by atoms with van der Waals surface area (Å²) in [5.74, 6) is 0.961. The van der Waals surface area contributed by atoms with Gasteiger partial charge in [0.2, 0.25) is 6.79 Å². The van der Waals surface area contributed by atoms with E-state index in [2.05, 4.69) is 9.97 Å². The first-order valence-electron chi connectivity index (χ1n) is 6.27. The average molecular weight is 284 g/mol. The van der Waals surface area contributed by atoms with Crippen LogP contribution in [0.25, 0.3) is 6.08 Å². The molecule has 0 spiro atoms. The molecule has 0 saturated carbocycles. The molecule has 3 rings (SSSR count). The van der Waals surface area contributed by atoms with Crippen LogP contribution in [-0.4, -0.2) is 22.7 Å². The van der Waals surface area contributed by atoms with Gasteiger partial charge in [0.05, 0.1) is 0 Å². The molecule has 2 heterocycles. The molecule has 0 bridgehead atoms. The molecule has 1 aromatic heterocycles. The van der Waals surface area contributed by atoms with Crippen LogP contribution < -0.4 is 14.2 Å². The number of allylic oxidation sites excluding steroid dienone is 2. The van der Waals surface area contributed by atoms with Crippen molar-refractivity contribution in [2.24, 2.45) is 0 Å². The van der Waals surface area contributed by atoms with Gasteiger partial charge in [0.1, 0.15) is 0 Å². The number of benzene rings is 1. The number of esters is 1. The zero-order valence-corrected chi connectivity index (χ0v) is 11.0. The van der Waals surface area contributed by atoms with Gasteiger partial charge in [0, 0.05) is 18.5 Å². The third-order valence-corrected chi connectivity index (χ3v) is 2.70. The monoisotopic (exact) mass is 284 g/mol. The maximum Gasteiger partial charge on any atom is 0.338 e. The van der Waals surface area contributed by atoms with Gasteiger partial charge in [-0.1, -0.05) is 24.3 Å². The van der Waals surface area contributed by atoms with Crippen LogP contribution in [0.2, 0.25) is 0 Å². The Morgan fingerprint density at radius 1 is 1.29 bits per heavy atom. The predicted octanol–water partition coefficient (Wildman–Crippen LogP) is 2.31. The fraction of sp³-hybridized carbons (Fsp3) is 0.0667. The molecule has 1 N–H and O–H groups in total. The molecule has 0 fully saturated rings. The second-order valence-corrected chi connectivity index (χ2v) is 4.15. The van der Waals surface area contributed by atoms with Crippen LogP contribution in [-0.2, 0) is 4.79 Å². The van der Waals surface area contributed by atoms with Gasteiger partial charge in [-0.2, -0.15) is 0 Å². The van der Waals surface area contributed by atoms with Gasteiger partial charge < -0.3 is 19.2 Å². The van der Waals surface area contributed by atoms with Crippen molar-refractivity contribution in [3.8, 4) is 17.5 Å². The number of aromatic nitrogens is 2. The van der Waals surface area contributed by atoms with Gasteiger partial charge >= 0.3 is 12.0 Å². The van der Waals surface area contributed by atoms with Crippen molar-refractivity contribution in [1.29, 1.82) is 0 Å². The number of rotatable bonds is 4. The van der Waals surface area contributed by atoms with Crippen LogP contribution in [0.3, 0.4) is 0 Å². The van der Waals surface area contributed by atoms with E-state index in [1.54, 1.807) is 18.3 Å². The van der Waals surface area contributed by atoms with Crippen LogP contribution in [0.1, 0.15) is 5.56 Å². The Morgan fingerprint density at radius 2 is 2.19 bits per heavy atom. The molecule has 106 valence electrons. The molecule has 2 aromatic rings. The number of nitrogens with one attached hydrogen (secondary N) is 1. The second kappa shape index (κ2) is 5.96. The van der Waals surface area contributed by atoms with Crippen molar-refractivity contribution in [2.75, 3.05) is 6.79 Å². The lowest BCUT2D eigenvalue weighted by Gasteiger charge is -1.96. The number of imidazole rings is 1. The predicted molar refractivity (Wildman–Crippen MR) is 75.0 cm³/mol. The zero-order valence-electron chi connectivity index (χ0n) is 11.0. The van der Waals surface area contributed by atoms with Crippen LogP contribution in [0.4, 0.5) is 0 Å². The third kappa shape index (κ3) is 3.30. The molecule has 1 aliphatic heterocycles. The largest absolute Gasteiger partial charge is 0.454 e. The number of ether oxygens (including phenoxy) is 3. The van der Waals surface area contributed by atoms with E-state index in [0.29, 0.717) is 0 Å². The van der Waals surface area contributed by atoms with Gasteiger partial charge in [0.15, 0.2) is 11.5 Å². The number of hydrogen-bond acceptors (Lipinski definition) is 5. The summed E-state index contributed by atoms with van der Waals surface area (Å²) in [5.41, 5.74) is 0.948. The minimum absolute atomic E-state index is 0.171. The zero-order chi connectivity index (χ0) is 14.5. The SMILES string of the molecule is O=C(/C=C/C=C/c1ccc2c(c1)OCO2)Oc1ncc[nH]1. The molecule has 6 nitrogen and oxygen atoms in total. The van der Waals surface area contributed by atoms with Gasteiger partial charge in [-0.3, -0.25) is 0 Å². The number of aromatic amines is 1. The van der Waals surface area contributed by atoms with E-state index < -0.39 is 5.97 Å². The number of nitrogens with zero attached hydrogens (tertiary/aromatic N) is 1. The summed E-state index contributed by atoms with van der Waals surface area (Å²) in [6.07, 6.45) is 9.57. The van der Waals surface area contributed by atoms with Crippen LogP contribution in [0.5, 0.6) is 17.5 Å². The summed E-state index contributed by atoms with van der Waals surface area (Å²) in [6.45, 7) is 0.251. The quantitative estimate of drug-likeness (QED) is 0.530. The molecule has 1 aromatic carbocycles. The molecule has 0 radical (unpaired) electrons. The van der Waals surface area contributed by atoms with Crippen LogP contribution in [0.15, 0.2) is 48.8 Å². The van der Waals surface area contributed by atoms with E-state index in [9.17, 15) is 4.79 Å². The number of carbonyl (C=O) groups excluding carboxylic acids is 1. The first-order chi connectivity index (χ1) is 10.3. The highest BCUT2D eigenvalue weighted by molar-refractivity contribution is 5.84. The van der Waals surface area contributed by atoms with Gasteiger partial charge in [0.25, 0.3) is 0 Å². The van der Waals surface area contributed by atoms with Crippen LogP contribution in [0, 0.1) is 0 Å². The molecule has 0 amide bonds. The Labute approximate surface area is 120 Å². The average Bonchev–Trinajstić information content (AvgIpc) is 3.14. The Hall–Kier alpha value is -3.02. The fourth-order valence-electron chi connectivity index (χ4n) is 1.75. The summed E-state index contributed by atoms with van der Waals surface area (Å²) >= 11 is 0. The lowest BCUT2D eigenvalue weighted by atomic mass is 10.2. The van der Waals surface area contributed by atoms with Gasteiger partial charge in [-0.05, 0) is 17.7 Å². The minimum atomic E-state index is -0.500. The molecule has 0 unspecified atom stereocenters. The molecule has 21 heavy (non-hydrogen) atoms. The summed E-state index contributed by atoms with van der Waals surface area (Å²) in [7, 11) is 0. The number of hydrogen-bond donors (Lipinski definition) is 1. The summed E-state index contributed by atoms with van der Waals surface area (Å²) in [6, 6.07) is 5.79. The van der Waals surface area contributed by atoms with Gasteiger partial charge in [-0.15, -0.1) is 0 Å². The molecule has 6 heteroatoms. The van der Waals surface area contributed by atoms with E-state index in [1.807, 2.05) is 24.3 Å². The highest BCUT2D eigenvalue weighted by atomic mass is 16.7. The molecular weight excluding hydrogens is 272 g/mol. The molecule has 0 saturated heterocycles. The van der Waals surface area contributed by atoms with Crippen molar-refractivity contribution in [1.82, 2.24) is 9.97 Å². The van der Waals surface area contributed by atoms with Crippen molar-refractivity contribution in [2.45, 2.75) is 0 Å².